The van der Waals surface area contributed by atoms with Crippen molar-refractivity contribution in [3.05, 3.63) is 0 Å². The number of esters is 4. The van der Waals surface area contributed by atoms with Gasteiger partial charge in [-0.05, 0) is 37.5 Å². The minimum atomic E-state index is -4.95. The largest absolute Gasteiger partial charge is 0.472 e. The molecule has 3 N–H and O–H groups in total. The van der Waals surface area contributed by atoms with E-state index in [1.807, 2.05) is 0 Å². The van der Waals surface area contributed by atoms with Gasteiger partial charge in [-0.25, -0.2) is 9.13 Å². The topological polar surface area (TPSA) is 237 Å². The quantitative estimate of drug-likeness (QED) is 0.0222. The molecule has 0 fully saturated rings. The van der Waals surface area contributed by atoms with E-state index in [1.54, 1.807) is 0 Å². The van der Waals surface area contributed by atoms with Gasteiger partial charge >= 0.3 is 39.5 Å². The second-order valence-electron chi connectivity index (χ2n) is 26.3. The van der Waals surface area contributed by atoms with Gasteiger partial charge in [0.25, 0.3) is 0 Å². The highest BCUT2D eigenvalue weighted by molar-refractivity contribution is 7.47. The van der Waals surface area contributed by atoms with Crippen LogP contribution in [0.15, 0.2) is 0 Å². The first-order valence-corrected chi connectivity index (χ1v) is 40.0. The molecule has 3 unspecified atom stereocenters. The molecule has 90 heavy (non-hydrogen) atoms. The van der Waals surface area contributed by atoms with Crippen LogP contribution in [0, 0.1) is 11.8 Å². The second kappa shape index (κ2) is 63.1. The molecule has 19 heteroatoms. The molecule has 17 nitrogen and oxygen atoms in total. The predicted molar refractivity (Wildman–Crippen MR) is 363 cm³/mol. The van der Waals surface area contributed by atoms with Crippen LogP contribution in [0.4, 0.5) is 0 Å². The molecule has 0 saturated carbocycles. The highest BCUT2D eigenvalue weighted by Gasteiger charge is 2.30. The molecule has 6 atom stereocenters. The van der Waals surface area contributed by atoms with E-state index in [0.717, 1.165) is 108 Å². The van der Waals surface area contributed by atoms with Gasteiger partial charge in [0.05, 0.1) is 26.4 Å². The number of phosphoric acid groups is 2. The van der Waals surface area contributed by atoms with E-state index < -0.39 is 97.5 Å². The molecule has 0 aliphatic heterocycles. The van der Waals surface area contributed by atoms with Crippen molar-refractivity contribution in [3.63, 3.8) is 0 Å². The third-order valence-corrected chi connectivity index (χ3v) is 18.7. The summed E-state index contributed by atoms with van der Waals surface area (Å²) in [6, 6.07) is 0. The average Bonchev–Trinajstić information content (AvgIpc) is 3.05. The monoisotopic (exact) mass is 1320 g/mol. The number of hydrogen-bond acceptors (Lipinski definition) is 15. The molecule has 0 spiro atoms. The molecule has 0 aliphatic carbocycles. The maximum absolute atomic E-state index is 13.0. The standard InChI is InChI=1S/C71H138O17P2/c1-7-10-12-14-15-16-17-18-19-20-24-27-30-36-42-48-54-69(74)82-60-67(88-70(75)55-49-43-37-31-28-25-22-21-23-26-29-34-40-45-51-63(4)5)62-86-90(79,80)84-58-65(72)57-83-89(77,78)85-61-66(59-81-68(73)53-47-39-13-11-8-2)87-71(76)56-50-44-38-33-32-35-41-46-52-64(6)9-3/h63-67,72H,7-62H2,1-6H3,(H,77,78)(H,79,80)/t64?,65-,66+,67+/m0/s1. The minimum absolute atomic E-state index is 0.104. The Morgan fingerprint density at radius 3 is 0.844 bits per heavy atom. The van der Waals surface area contributed by atoms with Crippen molar-refractivity contribution < 1.29 is 80.2 Å². The fraction of sp³-hybridized carbons (Fsp3) is 0.944. The second-order valence-corrected chi connectivity index (χ2v) is 29.3. The minimum Gasteiger partial charge on any atom is -0.462 e. The van der Waals surface area contributed by atoms with E-state index in [4.69, 9.17) is 37.0 Å². The first-order chi connectivity index (χ1) is 43.4. The van der Waals surface area contributed by atoms with E-state index in [9.17, 15) is 43.2 Å². The van der Waals surface area contributed by atoms with E-state index >= 15 is 0 Å². The van der Waals surface area contributed by atoms with Crippen LogP contribution in [0.3, 0.4) is 0 Å². The first-order valence-electron chi connectivity index (χ1n) is 37.0. The number of rotatable bonds is 70. The Morgan fingerprint density at radius 1 is 0.322 bits per heavy atom. The van der Waals surface area contributed by atoms with Crippen LogP contribution in [-0.2, 0) is 65.4 Å². The zero-order valence-electron chi connectivity index (χ0n) is 58.4. The summed E-state index contributed by atoms with van der Waals surface area (Å²) in [6.45, 7) is 9.49. The molecule has 0 aromatic heterocycles. The fourth-order valence-corrected chi connectivity index (χ4v) is 12.3. The van der Waals surface area contributed by atoms with Crippen molar-refractivity contribution in [1.29, 1.82) is 0 Å². The normalized spacial score (nSPS) is 14.4. The van der Waals surface area contributed by atoms with Crippen LogP contribution < -0.4 is 0 Å². The molecule has 0 saturated heterocycles. The Bertz CT molecular complexity index is 1750. The number of unbranched alkanes of at least 4 members (excludes halogenated alkanes) is 39. The van der Waals surface area contributed by atoms with Crippen LogP contribution in [-0.4, -0.2) is 96.7 Å². The van der Waals surface area contributed by atoms with Gasteiger partial charge in [0, 0.05) is 25.7 Å². The number of hydrogen-bond donors (Lipinski definition) is 3. The van der Waals surface area contributed by atoms with Gasteiger partial charge < -0.3 is 33.8 Å². The molecule has 0 radical (unpaired) electrons. The maximum Gasteiger partial charge on any atom is 0.472 e. The molecular weight excluding hydrogens is 1190 g/mol. The highest BCUT2D eigenvalue weighted by Crippen LogP contribution is 2.45. The lowest BCUT2D eigenvalue weighted by molar-refractivity contribution is -0.161. The third-order valence-electron chi connectivity index (χ3n) is 16.8. The van der Waals surface area contributed by atoms with Crippen molar-refractivity contribution in [3.8, 4) is 0 Å². The van der Waals surface area contributed by atoms with Crippen molar-refractivity contribution in [2.24, 2.45) is 11.8 Å². The van der Waals surface area contributed by atoms with Gasteiger partial charge in [-0.15, -0.1) is 0 Å². The van der Waals surface area contributed by atoms with Gasteiger partial charge in [-0.2, -0.15) is 0 Å². The number of carbonyl (C=O) groups excluding carboxylic acids is 4. The summed E-state index contributed by atoms with van der Waals surface area (Å²) in [6.07, 6.45) is 48.9. The van der Waals surface area contributed by atoms with Crippen LogP contribution in [0.25, 0.3) is 0 Å². The average molecular weight is 1330 g/mol. The molecule has 0 heterocycles. The molecule has 0 aromatic rings. The van der Waals surface area contributed by atoms with E-state index in [1.165, 1.54) is 173 Å². The molecule has 0 amide bonds. The Balaban J connectivity index is 5.16. The molecule has 0 aliphatic rings. The van der Waals surface area contributed by atoms with Gasteiger partial charge in [-0.3, -0.25) is 37.3 Å². The number of carbonyl (C=O) groups is 4. The van der Waals surface area contributed by atoms with E-state index in [-0.39, 0.29) is 25.7 Å². The van der Waals surface area contributed by atoms with Crippen molar-refractivity contribution in [2.75, 3.05) is 39.6 Å². The van der Waals surface area contributed by atoms with Crippen LogP contribution >= 0.6 is 15.6 Å². The summed E-state index contributed by atoms with van der Waals surface area (Å²) < 4.78 is 68.1. The molecular formula is C71H138O17P2. The molecule has 0 aromatic carbocycles. The number of aliphatic hydroxyl groups excluding tert-OH is 1. The molecule has 534 valence electrons. The zero-order valence-corrected chi connectivity index (χ0v) is 60.2. The maximum atomic E-state index is 13.0. The molecule has 0 rings (SSSR count). The highest BCUT2D eigenvalue weighted by atomic mass is 31.2. The van der Waals surface area contributed by atoms with Crippen LogP contribution in [0.2, 0.25) is 0 Å². The number of phosphoric ester groups is 2. The summed E-state index contributed by atoms with van der Waals surface area (Å²) in [7, 11) is -9.89. The summed E-state index contributed by atoms with van der Waals surface area (Å²) in [4.78, 5) is 72.3. The predicted octanol–water partition coefficient (Wildman–Crippen LogP) is 20.4. The number of ether oxygens (including phenoxy) is 4. The van der Waals surface area contributed by atoms with Crippen LogP contribution in [0.5, 0.6) is 0 Å². The SMILES string of the molecule is CCCCCCCCCCCCCCCCCCC(=O)OC[C@H](COP(=O)(O)OC[C@@H](O)COP(=O)(O)OC[C@@H](COC(=O)CCCCCCC)OC(=O)CCCCCCCCCCC(C)CC)OC(=O)CCCCCCCCCCCCCCCCC(C)C. The van der Waals surface area contributed by atoms with E-state index in [2.05, 4.69) is 41.5 Å². The number of aliphatic hydroxyl groups is 1. The summed E-state index contributed by atoms with van der Waals surface area (Å²) >= 11 is 0. The Kier molecular flexibility index (Phi) is 61.8. The Morgan fingerprint density at radius 2 is 0.567 bits per heavy atom. The summed E-state index contributed by atoms with van der Waals surface area (Å²) in [5.74, 6) is -0.569. The molecule has 0 bridgehead atoms. The third kappa shape index (κ3) is 63.5. The lowest BCUT2D eigenvalue weighted by Crippen LogP contribution is -2.30. The van der Waals surface area contributed by atoms with Gasteiger partial charge in [0.1, 0.15) is 19.3 Å². The summed E-state index contributed by atoms with van der Waals surface area (Å²) in [5, 5.41) is 10.6. The van der Waals surface area contributed by atoms with Gasteiger partial charge in [0.15, 0.2) is 12.2 Å². The Labute approximate surface area is 549 Å². The van der Waals surface area contributed by atoms with Gasteiger partial charge in [0.2, 0.25) is 0 Å². The lowest BCUT2D eigenvalue weighted by Gasteiger charge is -2.21. The van der Waals surface area contributed by atoms with Crippen LogP contribution in [0.1, 0.15) is 363 Å². The van der Waals surface area contributed by atoms with Crippen molar-refractivity contribution in [2.45, 2.75) is 381 Å². The first kappa shape index (κ1) is 88.1. The fourth-order valence-electron chi connectivity index (χ4n) is 10.7. The van der Waals surface area contributed by atoms with Crippen molar-refractivity contribution in [1.82, 2.24) is 0 Å². The summed E-state index contributed by atoms with van der Waals surface area (Å²) in [5.41, 5.74) is 0. The Hall–Kier alpha value is -1.94. The van der Waals surface area contributed by atoms with Crippen molar-refractivity contribution >= 4 is 39.5 Å². The van der Waals surface area contributed by atoms with E-state index in [0.29, 0.717) is 25.7 Å². The zero-order chi connectivity index (χ0) is 66.5. The smallest absolute Gasteiger partial charge is 0.462 e. The lowest BCUT2D eigenvalue weighted by atomic mass is 9.99. The van der Waals surface area contributed by atoms with Gasteiger partial charge in [-0.1, -0.05) is 311 Å².